The molecule has 0 saturated carbocycles. The number of aliphatic hydroxyl groups excluding tert-OH is 1. The van der Waals surface area contributed by atoms with Gasteiger partial charge in [0.05, 0.1) is 23.8 Å². The molecule has 0 aliphatic heterocycles. The molecule has 1 aromatic carbocycles. The van der Waals surface area contributed by atoms with E-state index in [0.29, 0.717) is 24.4 Å². The van der Waals surface area contributed by atoms with E-state index in [1.807, 2.05) is 6.92 Å². The topological polar surface area (TPSA) is 38.0 Å². The van der Waals surface area contributed by atoms with Crippen LogP contribution in [-0.4, -0.2) is 14.7 Å². The van der Waals surface area contributed by atoms with Crippen LogP contribution in [-0.2, 0) is 12.7 Å². The Labute approximate surface area is 118 Å². The van der Waals surface area contributed by atoms with Crippen molar-refractivity contribution in [1.82, 2.24) is 9.55 Å². The lowest BCUT2D eigenvalue weighted by atomic mass is 10.0. The van der Waals surface area contributed by atoms with Crippen LogP contribution < -0.4 is 0 Å². The molecule has 2 rings (SSSR count). The van der Waals surface area contributed by atoms with Crippen molar-refractivity contribution >= 4 is 0 Å². The molecule has 0 radical (unpaired) electrons. The third kappa shape index (κ3) is 3.24. The van der Waals surface area contributed by atoms with Gasteiger partial charge in [-0.05, 0) is 24.1 Å². The first kappa shape index (κ1) is 15.5. The fourth-order valence-electron chi connectivity index (χ4n) is 2.09. The fraction of sp³-hybridized carbons (Fsp3) is 0.357. The zero-order chi connectivity index (χ0) is 15.6. The number of halogens is 4. The van der Waals surface area contributed by atoms with E-state index in [4.69, 9.17) is 0 Å². The van der Waals surface area contributed by atoms with Crippen LogP contribution in [0.25, 0.3) is 0 Å². The molecule has 0 saturated heterocycles. The molecular weight excluding hydrogens is 288 g/mol. The lowest BCUT2D eigenvalue weighted by Crippen LogP contribution is -2.12. The van der Waals surface area contributed by atoms with Crippen molar-refractivity contribution in [2.75, 3.05) is 0 Å². The number of imidazole rings is 1. The van der Waals surface area contributed by atoms with E-state index in [1.54, 1.807) is 4.57 Å². The molecule has 2 aromatic rings. The van der Waals surface area contributed by atoms with E-state index in [9.17, 15) is 22.7 Å². The number of aliphatic hydroxyl groups is 1. The van der Waals surface area contributed by atoms with Gasteiger partial charge < -0.3 is 9.67 Å². The smallest absolute Gasteiger partial charge is 0.382 e. The van der Waals surface area contributed by atoms with Crippen molar-refractivity contribution in [2.45, 2.75) is 32.2 Å². The van der Waals surface area contributed by atoms with Crippen molar-refractivity contribution in [3.63, 3.8) is 0 Å². The van der Waals surface area contributed by atoms with Gasteiger partial charge in [0, 0.05) is 6.54 Å². The Bertz CT molecular complexity index is 622. The Kier molecular flexibility index (Phi) is 4.32. The second kappa shape index (κ2) is 5.85. The third-order valence-electron chi connectivity index (χ3n) is 3.10. The Morgan fingerprint density at radius 2 is 2.05 bits per heavy atom. The van der Waals surface area contributed by atoms with E-state index in [2.05, 4.69) is 4.98 Å². The highest BCUT2D eigenvalue weighted by molar-refractivity contribution is 5.32. The first-order chi connectivity index (χ1) is 9.84. The van der Waals surface area contributed by atoms with Gasteiger partial charge in [0.25, 0.3) is 0 Å². The van der Waals surface area contributed by atoms with Gasteiger partial charge >= 0.3 is 6.18 Å². The molecule has 3 nitrogen and oxygen atoms in total. The minimum absolute atomic E-state index is 0.0263. The highest BCUT2D eigenvalue weighted by atomic mass is 19.4. The summed E-state index contributed by atoms with van der Waals surface area (Å²) in [5.41, 5.74) is -1.04. The average Bonchev–Trinajstić information content (AvgIpc) is 2.86. The van der Waals surface area contributed by atoms with Crippen LogP contribution in [0.3, 0.4) is 0 Å². The van der Waals surface area contributed by atoms with Crippen LogP contribution in [0.4, 0.5) is 17.6 Å². The van der Waals surface area contributed by atoms with Crippen molar-refractivity contribution in [2.24, 2.45) is 0 Å². The molecule has 0 bridgehead atoms. The molecule has 7 heteroatoms. The number of benzene rings is 1. The van der Waals surface area contributed by atoms with Gasteiger partial charge in [0.2, 0.25) is 0 Å². The zero-order valence-corrected chi connectivity index (χ0v) is 11.2. The van der Waals surface area contributed by atoms with Crippen molar-refractivity contribution in [1.29, 1.82) is 0 Å². The highest BCUT2D eigenvalue weighted by Crippen LogP contribution is 2.34. The second-order valence-electron chi connectivity index (χ2n) is 4.65. The van der Waals surface area contributed by atoms with Crippen molar-refractivity contribution in [3.8, 4) is 0 Å². The summed E-state index contributed by atoms with van der Waals surface area (Å²) in [6.45, 7) is 2.51. The normalized spacial score (nSPS) is 13.4. The van der Waals surface area contributed by atoms with Crippen LogP contribution >= 0.6 is 0 Å². The molecule has 21 heavy (non-hydrogen) atoms. The largest absolute Gasteiger partial charge is 0.419 e. The molecular formula is C14H14F4N2O. The molecule has 0 amide bonds. The first-order valence-electron chi connectivity index (χ1n) is 6.39. The standard InChI is InChI=1S/C14H14F4N2O/c1-2-5-20-8-19-7-12(20)13(21)9-3-4-11(15)10(6-9)14(16,17)18/h3-4,6-8,13,21H,2,5H2,1H3. The van der Waals surface area contributed by atoms with Gasteiger partial charge in [-0.15, -0.1) is 0 Å². The van der Waals surface area contributed by atoms with Gasteiger partial charge in [-0.1, -0.05) is 13.0 Å². The SMILES string of the molecule is CCCn1cncc1C(O)c1ccc(F)c(C(F)(F)F)c1. The molecule has 0 spiro atoms. The molecule has 1 heterocycles. The molecule has 114 valence electrons. The maximum absolute atomic E-state index is 13.3. The van der Waals surface area contributed by atoms with Gasteiger partial charge in [0.15, 0.2) is 0 Å². The minimum Gasteiger partial charge on any atom is -0.382 e. The molecule has 1 unspecified atom stereocenters. The quantitative estimate of drug-likeness (QED) is 0.877. The van der Waals surface area contributed by atoms with E-state index in [-0.39, 0.29) is 5.56 Å². The minimum atomic E-state index is -4.80. The van der Waals surface area contributed by atoms with Gasteiger partial charge in [0.1, 0.15) is 11.9 Å². The molecule has 0 fully saturated rings. The van der Waals surface area contributed by atoms with Crippen molar-refractivity contribution < 1.29 is 22.7 Å². The molecule has 1 atom stereocenters. The van der Waals surface area contributed by atoms with Crippen molar-refractivity contribution in [3.05, 3.63) is 53.4 Å². The molecule has 0 aliphatic carbocycles. The summed E-state index contributed by atoms with van der Waals surface area (Å²) in [4.78, 5) is 3.88. The van der Waals surface area contributed by atoms with Crippen LogP contribution in [0.5, 0.6) is 0 Å². The Morgan fingerprint density at radius 3 is 2.67 bits per heavy atom. The second-order valence-corrected chi connectivity index (χ2v) is 4.65. The number of aromatic nitrogens is 2. The van der Waals surface area contributed by atoms with Crippen LogP contribution in [0, 0.1) is 5.82 Å². The van der Waals surface area contributed by atoms with Gasteiger partial charge in [-0.3, -0.25) is 0 Å². The Morgan fingerprint density at radius 1 is 1.33 bits per heavy atom. The lowest BCUT2D eigenvalue weighted by molar-refractivity contribution is -0.140. The molecule has 0 aliphatic rings. The number of nitrogens with zero attached hydrogens (tertiary/aromatic N) is 2. The summed E-state index contributed by atoms with van der Waals surface area (Å²) in [6.07, 6.45) is -2.43. The maximum Gasteiger partial charge on any atom is 0.419 e. The first-order valence-corrected chi connectivity index (χ1v) is 6.39. The van der Waals surface area contributed by atoms with Crippen LogP contribution in [0.2, 0.25) is 0 Å². The number of rotatable bonds is 4. The predicted octanol–water partition coefficient (Wildman–Crippen LogP) is 3.53. The zero-order valence-electron chi connectivity index (χ0n) is 11.2. The van der Waals surface area contributed by atoms with Crippen LogP contribution in [0.15, 0.2) is 30.7 Å². The van der Waals surface area contributed by atoms with E-state index >= 15 is 0 Å². The highest BCUT2D eigenvalue weighted by Gasteiger charge is 2.34. The Hall–Kier alpha value is -1.89. The predicted molar refractivity (Wildman–Crippen MR) is 68.0 cm³/mol. The summed E-state index contributed by atoms with van der Waals surface area (Å²) < 4.78 is 53.0. The van der Waals surface area contributed by atoms with Crippen LogP contribution in [0.1, 0.15) is 36.3 Å². The lowest BCUT2D eigenvalue weighted by Gasteiger charge is -2.16. The van der Waals surface area contributed by atoms with E-state index in [1.165, 1.54) is 12.5 Å². The summed E-state index contributed by atoms with van der Waals surface area (Å²) in [6, 6.07) is 2.48. The third-order valence-corrected chi connectivity index (χ3v) is 3.10. The Balaban J connectivity index is 2.40. The summed E-state index contributed by atoms with van der Waals surface area (Å²) >= 11 is 0. The monoisotopic (exact) mass is 302 g/mol. The van der Waals surface area contributed by atoms with E-state index in [0.717, 1.165) is 12.5 Å². The molecule has 1 aromatic heterocycles. The number of hydrogen-bond acceptors (Lipinski definition) is 2. The summed E-state index contributed by atoms with van der Waals surface area (Å²) in [5.74, 6) is -1.36. The number of aryl methyl sites for hydroxylation is 1. The van der Waals surface area contributed by atoms with Gasteiger partial charge in [-0.25, -0.2) is 9.37 Å². The fourth-order valence-corrected chi connectivity index (χ4v) is 2.09. The summed E-state index contributed by atoms with van der Waals surface area (Å²) in [5, 5.41) is 10.2. The number of hydrogen-bond donors (Lipinski definition) is 1. The average molecular weight is 302 g/mol. The maximum atomic E-state index is 13.3. The molecule has 1 N–H and O–H groups in total. The number of alkyl halides is 3. The summed E-state index contributed by atoms with van der Waals surface area (Å²) in [7, 11) is 0. The van der Waals surface area contributed by atoms with E-state index < -0.39 is 23.7 Å². The van der Waals surface area contributed by atoms with Gasteiger partial charge in [-0.2, -0.15) is 13.2 Å².